The Labute approximate surface area is 108 Å². The van der Waals surface area contributed by atoms with Gasteiger partial charge in [0, 0.05) is 13.1 Å². The van der Waals surface area contributed by atoms with Crippen LogP contribution in [0.1, 0.15) is 30.3 Å². The van der Waals surface area contributed by atoms with Gasteiger partial charge in [0.15, 0.2) is 0 Å². The van der Waals surface area contributed by atoms with Crippen molar-refractivity contribution in [3.8, 4) is 0 Å². The number of hydrogen-bond acceptors (Lipinski definition) is 4. The number of nitrogens with one attached hydrogen (secondary N) is 1. The van der Waals surface area contributed by atoms with Crippen LogP contribution >= 0.6 is 0 Å². The van der Waals surface area contributed by atoms with Gasteiger partial charge in [-0.3, -0.25) is 9.48 Å². The SMILES string of the molecule is CCn1ncc(N)c1C(=O)NCCCCN(C)C. The molecule has 0 unspecified atom stereocenters. The number of hydrogen-bond donors (Lipinski definition) is 2. The van der Waals surface area contributed by atoms with E-state index in [-0.39, 0.29) is 5.91 Å². The van der Waals surface area contributed by atoms with E-state index >= 15 is 0 Å². The molecule has 0 aromatic carbocycles. The van der Waals surface area contributed by atoms with E-state index in [4.69, 9.17) is 5.73 Å². The summed E-state index contributed by atoms with van der Waals surface area (Å²) in [5, 5.41) is 6.92. The Morgan fingerprint density at radius 2 is 2.22 bits per heavy atom. The fraction of sp³-hybridized carbons (Fsp3) is 0.667. The Morgan fingerprint density at radius 3 is 2.83 bits per heavy atom. The largest absolute Gasteiger partial charge is 0.396 e. The standard InChI is InChI=1S/C12H23N5O/c1-4-17-11(10(13)9-15-17)12(18)14-7-5-6-8-16(2)3/h9H,4-8,13H2,1-3H3,(H,14,18). The van der Waals surface area contributed by atoms with Gasteiger partial charge < -0.3 is 16.0 Å². The second-order valence-electron chi connectivity index (χ2n) is 4.53. The van der Waals surface area contributed by atoms with Crippen molar-refractivity contribution in [3.63, 3.8) is 0 Å². The van der Waals surface area contributed by atoms with E-state index in [0.29, 0.717) is 24.5 Å². The second kappa shape index (κ2) is 7.00. The normalized spacial score (nSPS) is 10.9. The van der Waals surface area contributed by atoms with Gasteiger partial charge in [-0.05, 0) is 40.4 Å². The molecular formula is C12H23N5O. The monoisotopic (exact) mass is 253 g/mol. The third kappa shape index (κ3) is 4.03. The lowest BCUT2D eigenvalue weighted by Crippen LogP contribution is -2.28. The molecule has 0 fully saturated rings. The Morgan fingerprint density at radius 1 is 1.50 bits per heavy atom. The summed E-state index contributed by atoms with van der Waals surface area (Å²) in [5.41, 5.74) is 6.63. The van der Waals surface area contributed by atoms with Gasteiger partial charge in [-0.1, -0.05) is 0 Å². The van der Waals surface area contributed by atoms with Crippen molar-refractivity contribution >= 4 is 11.6 Å². The van der Waals surface area contributed by atoms with Crippen LogP contribution in [0, 0.1) is 0 Å². The van der Waals surface area contributed by atoms with Gasteiger partial charge in [0.05, 0.1) is 11.9 Å². The molecule has 0 radical (unpaired) electrons. The Bertz CT molecular complexity index is 386. The van der Waals surface area contributed by atoms with Crippen LogP contribution in [0.15, 0.2) is 6.20 Å². The number of nitrogen functional groups attached to an aromatic ring is 1. The van der Waals surface area contributed by atoms with Crippen molar-refractivity contribution in [2.24, 2.45) is 0 Å². The Kier molecular flexibility index (Phi) is 5.64. The van der Waals surface area contributed by atoms with Gasteiger partial charge in [-0.2, -0.15) is 5.10 Å². The summed E-state index contributed by atoms with van der Waals surface area (Å²) >= 11 is 0. The molecule has 3 N–H and O–H groups in total. The van der Waals surface area contributed by atoms with Crippen LogP contribution in [-0.4, -0.2) is 47.8 Å². The van der Waals surface area contributed by atoms with Gasteiger partial charge in [0.1, 0.15) is 5.69 Å². The molecule has 0 atom stereocenters. The molecule has 1 amide bonds. The maximum Gasteiger partial charge on any atom is 0.271 e. The smallest absolute Gasteiger partial charge is 0.271 e. The second-order valence-corrected chi connectivity index (χ2v) is 4.53. The van der Waals surface area contributed by atoms with Crippen LogP contribution in [0.2, 0.25) is 0 Å². The third-order valence-corrected chi connectivity index (χ3v) is 2.70. The lowest BCUT2D eigenvalue weighted by Gasteiger charge is -2.10. The van der Waals surface area contributed by atoms with E-state index in [1.165, 1.54) is 6.20 Å². The maximum absolute atomic E-state index is 11.9. The number of anilines is 1. The first-order chi connectivity index (χ1) is 8.56. The predicted octanol–water partition coefficient (Wildman–Crippen LogP) is 0.557. The summed E-state index contributed by atoms with van der Waals surface area (Å²) < 4.78 is 1.62. The van der Waals surface area contributed by atoms with Crippen LogP contribution in [-0.2, 0) is 6.54 Å². The lowest BCUT2D eigenvalue weighted by molar-refractivity contribution is 0.0943. The van der Waals surface area contributed by atoms with Crippen molar-refractivity contribution in [2.45, 2.75) is 26.3 Å². The maximum atomic E-state index is 11.9. The van der Waals surface area contributed by atoms with Crippen molar-refractivity contribution in [2.75, 3.05) is 32.9 Å². The summed E-state index contributed by atoms with van der Waals surface area (Å²) in [6.45, 7) is 4.27. The summed E-state index contributed by atoms with van der Waals surface area (Å²) in [6.07, 6.45) is 3.55. The van der Waals surface area contributed by atoms with E-state index in [9.17, 15) is 4.79 Å². The minimum atomic E-state index is -0.142. The number of carbonyl (C=O) groups is 1. The average molecular weight is 253 g/mol. The van der Waals surface area contributed by atoms with Crippen LogP contribution in [0.3, 0.4) is 0 Å². The minimum absolute atomic E-state index is 0.142. The number of unbranched alkanes of at least 4 members (excludes halogenated alkanes) is 1. The molecule has 0 aliphatic heterocycles. The highest BCUT2D eigenvalue weighted by atomic mass is 16.2. The molecule has 1 rings (SSSR count). The van der Waals surface area contributed by atoms with Crippen LogP contribution < -0.4 is 11.1 Å². The van der Waals surface area contributed by atoms with Gasteiger partial charge in [-0.15, -0.1) is 0 Å². The summed E-state index contributed by atoms with van der Waals surface area (Å²) in [6, 6.07) is 0. The topological polar surface area (TPSA) is 76.2 Å². The predicted molar refractivity (Wildman–Crippen MR) is 72.4 cm³/mol. The average Bonchev–Trinajstić information content (AvgIpc) is 2.69. The van der Waals surface area contributed by atoms with Crippen LogP contribution in [0.4, 0.5) is 5.69 Å². The molecule has 0 spiro atoms. The van der Waals surface area contributed by atoms with Gasteiger partial charge >= 0.3 is 0 Å². The zero-order valence-corrected chi connectivity index (χ0v) is 11.4. The van der Waals surface area contributed by atoms with Crippen LogP contribution in [0.5, 0.6) is 0 Å². The number of nitrogens with two attached hydrogens (primary N) is 1. The lowest BCUT2D eigenvalue weighted by atomic mass is 10.3. The van der Waals surface area contributed by atoms with E-state index in [1.807, 2.05) is 21.0 Å². The quantitative estimate of drug-likeness (QED) is 0.696. The molecule has 1 aromatic rings. The molecule has 0 aliphatic carbocycles. The van der Waals surface area contributed by atoms with Crippen molar-refractivity contribution in [1.29, 1.82) is 0 Å². The summed E-state index contributed by atoms with van der Waals surface area (Å²) in [4.78, 5) is 14.1. The molecule has 1 heterocycles. The number of nitrogens with zero attached hydrogens (tertiary/aromatic N) is 3. The van der Waals surface area contributed by atoms with Gasteiger partial charge in [0.2, 0.25) is 0 Å². The number of aromatic nitrogens is 2. The third-order valence-electron chi connectivity index (χ3n) is 2.70. The van der Waals surface area contributed by atoms with Gasteiger partial charge in [-0.25, -0.2) is 0 Å². The van der Waals surface area contributed by atoms with E-state index < -0.39 is 0 Å². The van der Waals surface area contributed by atoms with E-state index in [1.54, 1.807) is 4.68 Å². The zero-order chi connectivity index (χ0) is 13.5. The molecular weight excluding hydrogens is 230 g/mol. The Balaban J connectivity index is 2.38. The van der Waals surface area contributed by atoms with Crippen molar-refractivity contribution in [3.05, 3.63) is 11.9 Å². The summed E-state index contributed by atoms with van der Waals surface area (Å²) in [7, 11) is 4.08. The first-order valence-corrected chi connectivity index (χ1v) is 6.30. The van der Waals surface area contributed by atoms with Gasteiger partial charge in [0.25, 0.3) is 5.91 Å². The van der Waals surface area contributed by atoms with E-state index in [2.05, 4.69) is 15.3 Å². The number of aryl methyl sites for hydroxylation is 1. The number of rotatable bonds is 7. The zero-order valence-electron chi connectivity index (χ0n) is 11.4. The molecule has 102 valence electrons. The first kappa shape index (κ1) is 14.5. The highest BCUT2D eigenvalue weighted by Crippen LogP contribution is 2.10. The first-order valence-electron chi connectivity index (χ1n) is 6.30. The Hall–Kier alpha value is -1.56. The molecule has 1 aromatic heterocycles. The molecule has 0 bridgehead atoms. The minimum Gasteiger partial charge on any atom is -0.396 e. The van der Waals surface area contributed by atoms with Crippen molar-refractivity contribution in [1.82, 2.24) is 20.0 Å². The molecule has 0 saturated heterocycles. The molecule has 18 heavy (non-hydrogen) atoms. The van der Waals surface area contributed by atoms with E-state index in [0.717, 1.165) is 19.4 Å². The molecule has 0 aliphatic rings. The van der Waals surface area contributed by atoms with Crippen LogP contribution in [0.25, 0.3) is 0 Å². The molecule has 6 heteroatoms. The summed E-state index contributed by atoms with van der Waals surface area (Å²) in [5.74, 6) is -0.142. The highest BCUT2D eigenvalue weighted by molar-refractivity contribution is 5.97. The fourth-order valence-electron chi connectivity index (χ4n) is 1.73. The number of carbonyl (C=O) groups excluding carboxylic acids is 1. The highest BCUT2D eigenvalue weighted by Gasteiger charge is 2.15. The molecule has 0 saturated carbocycles. The number of amides is 1. The molecule has 6 nitrogen and oxygen atoms in total. The fourth-order valence-corrected chi connectivity index (χ4v) is 1.73. The van der Waals surface area contributed by atoms with Crippen molar-refractivity contribution < 1.29 is 4.79 Å².